The summed E-state index contributed by atoms with van der Waals surface area (Å²) < 4.78 is 5.25. The maximum Gasteiger partial charge on any atom is 0.223 e. The molecule has 0 atom stereocenters. The Morgan fingerprint density at radius 3 is 2.53 bits per heavy atom. The summed E-state index contributed by atoms with van der Waals surface area (Å²) in [6, 6.07) is 10.1. The van der Waals surface area contributed by atoms with Gasteiger partial charge in [-0.05, 0) is 12.5 Å². The van der Waals surface area contributed by atoms with Gasteiger partial charge in [-0.2, -0.15) is 4.98 Å². The van der Waals surface area contributed by atoms with Crippen LogP contribution in [0.2, 0.25) is 0 Å². The number of aryl methyl sites for hydroxylation is 1. The minimum absolute atomic E-state index is 0.246. The van der Waals surface area contributed by atoms with Gasteiger partial charge in [-0.15, -0.1) is 0 Å². The second kappa shape index (κ2) is 4.82. The molecule has 0 fully saturated rings. The van der Waals surface area contributed by atoms with E-state index in [2.05, 4.69) is 22.1 Å². The largest absolute Gasteiger partial charge is 0.481 e. The number of hydrogen-bond donors (Lipinski definition) is 1. The molecule has 0 aliphatic carbocycles. The zero-order chi connectivity index (χ0) is 12.3. The van der Waals surface area contributed by atoms with E-state index in [1.165, 1.54) is 5.56 Å². The summed E-state index contributed by atoms with van der Waals surface area (Å²) >= 11 is 0. The fourth-order valence-corrected chi connectivity index (χ4v) is 1.76. The monoisotopic (exact) mass is 229 g/mol. The van der Waals surface area contributed by atoms with E-state index in [9.17, 15) is 0 Å². The molecule has 0 bridgehead atoms. The van der Waals surface area contributed by atoms with Crippen LogP contribution in [0.1, 0.15) is 16.8 Å². The highest BCUT2D eigenvalue weighted by Crippen LogP contribution is 2.22. The SMILES string of the molecule is COc1nc(N)nc(C)c1Cc1ccccc1. The van der Waals surface area contributed by atoms with Gasteiger partial charge in [0.15, 0.2) is 0 Å². The Bertz CT molecular complexity index is 512. The molecule has 4 nitrogen and oxygen atoms in total. The molecule has 88 valence electrons. The number of rotatable bonds is 3. The van der Waals surface area contributed by atoms with Crippen molar-refractivity contribution < 1.29 is 4.74 Å². The fourth-order valence-electron chi connectivity index (χ4n) is 1.76. The fraction of sp³-hybridized carbons (Fsp3) is 0.231. The molecule has 1 heterocycles. The van der Waals surface area contributed by atoms with Crippen molar-refractivity contribution >= 4 is 5.95 Å². The van der Waals surface area contributed by atoms with Crippen LogP contribution in [0.3, 0.4) is 0 Å². The van der Waals surface area contributed by atoms with Gasteiger partial charge in [0.25, 0.3) is 0 Å². The van der Waals surface area contributed by atoms with Crippen LogP contribution >= 0.6 is 0 Å². The van der Waals surface area contributed by atoms with Gasteiger partial charge in [0, 0.05) is 12.0 Å². The molecule has 0 aliphatic rings. The first-order valence-corrected chi connectivity index (χ1v) is 5.41. The van der Waals surface area contributed by atoms with Gasteiger partial charge in [0.2, 0.25) is 11.8 Å². The first-order valence-electron chi connectivity index (χ1n) is 5.41. The molecule has 0 spiro atoms. The molecular formula is C13H15N3O. The maximum absolute atomic E-state index is 5.60. The van der Waals surface area contributed by atoms with Crippen LogP contribution in [0.15, 0.2) is 30.3 Å². The molecule has 2 aromatic rings. The highest BCUT2D eigenvalue weighted by molar-refractivity contribution is 5.39. The minimum atomic E-state index is 0.246. The lowest BCUT2D eigenvalue weighted by molar-refractivity contribution is 0.392. The number of anilines is 1. The third-order valence-electron chi connectivity index (χ3n) is 2.61. The van der Waals surface area contributed by atoms with Gasteiger partial charge in [-0.25, -0.2) is 4.98 Å². The Hall–Kier alpha value is -2.10. The van der Waals surface area contributed by atoms with Crippen LogP contribution in [0.5, 0.6) is 5.88 Å². The molecule has 17 heavy (non-hydrogen) atoms. The highest BCUT2D eigenvalue weighted by Gasteiger charge is 2.11. The van der Waals surface area contributed by atoms with E-state index in [0.29, 0.717) is 5.88 Å². The molecule has 0 saturated heterocycles. The summed E-state index contributed by atoms with van der Waals surface area (Å²) in [6.45, 7) is 1.92. The molecular weight excluding hydrogens is 214 g/mol. The van der Waals surface area contributed by atoms with Gasteiger partial charge in [0.05, 0.1) is 12.8 Å². The van der Waals surface area contributed by atoms with Gasteiger partial charge in [-0.3, -0.25) is 0 Å². The lowest BCUT2D eigenvalue weighted by Gasteiger charge is -2.10. The van der Waals surface area contributed by atoms with Crippen molar-refractivity contribution in [3.8, 4) is 5.88 Å². The summed E-state index contributed by atoms with van der Waals surface area (Å²) in [4.78, 5) is 8.26. The smallest absolute Gasteiger partial charge is 0.223 e. The maximum atomic E-state index is 5.60. The van der Waals surface area contributed by atoms with E-state index in [4.69, 9.17) is 10.5 Å². The van der Waals surface area contributed by atoms with Crippen LogP contribution in [0.25, 0.3) is 0 Å². The van der Waals surface area contributed by atoms with E-state index in [-0.39, 0.29) is 5.95 Å². The Labute approximate surface area is 100 Å². The Morgan fingerprint density at radius 1 is 1.18 bits per heavy atom. The third kappa shape index (κ3) is 2.53. The number of methoxy groups -OCH3 is 1. The van der Waals surface area contributed by atoms with Gasteiger partial charge < -0.3 is 10.5 Å². The van der Waals surface area contributed by atoms with Crippen LogP contribution < -0.4 is 10.5 Å². The lowest BCUT2D eigenvalue weighted by Crippen LogP contribution is -2.05. The average Bonchev–Trinajstić information content (AvgIpc) is 2.33. The summed E-state index contributed by atoms with van der Waals surface area (Å²) in [6.07, 6.45) is 0.746. The van der Waals surface area contributed by atoms with Crippen molar-refractivity contribution in [3.05, 3.63) is 47.2 Å². The van der Waals surface area contributed by atoms with Crippen LogP contribution in [-0.2, 0) is 6.42 Å². The Balaban J connectivity index is 2.38. The zero-order valence-electron chi connectivity index (χ0n) is 9.97. The molecule has 4 heteroatoms. The standard InChI is InChI=1S/C13H15N3O/c1-9-11(8-10-6-4-3-5-7-10)12(17-2)16-13(14)15-9/h3-7H,8H2,1-2H3,(H2,14,15,16). The second-order valence-electron chi connectivity index (χ2n) is 3.82. The van der Waals surface area contributed by atoms with E-state index in [0.717, 1.165) is 17.7 Å². The molecule has 0 amide bonds. The van der Waals surface area contributed by atoms with Crippen molar-refractivity contribution in [1.29, 1.82) is 0 Å². The molecule has 0 unspecified atom stereocenters. The Kier molecular flexibility index (Phi) is 3.23. The molecule has 1 aromatic heterocycles. The van der Waals surface area contributed by atoms with Crippen molar-refractivity contribution in [2.75, 3.05) is 12.8 Å². The molecule has 0 radical (unpaired) electrons. The summed E-state index contributed by atoms with van der Waals surface area (Å²) in [5.41, 5.74) is 8.63. The number of hydrogen-bond acceptors (Lipinski definition) is 4. The number of nitrogens with zero attached hydrogens (tertiary/aromatic N) is 2. The van der Waals surface area contributed by atoms with Crippen LogP contribution in [-0.4, -0.2) is 17.1 Å². The number of nitrogens with two attached hydrogens (primary N) is 1. The summed E-state index contributed by atoms with van der Waals surface area (Å²) in [5.74, 6) is 0.801. The van der Waals surface area contributed by atoms with Gasteiger partial charge in [0.1, 0.15) is 0 Å². The van der Waals surface area contributed by atoms with E-state index in [1.807, 2.05) is 25.1 Å². The number of benzene rings is 1. The topological polar surface area (TPSA) is 61.0 Å². The van der Waals surface area contributed by atoms with E-state index in [1.54, 1.807) is 7.11 Å². The van der Waals surface area contributed by atoms with Crippen LogP contribution in [0, 0.1) is 6.92 Å². The predicted octanol–water partition coefficient (Wildman–Crippen LogP) is 1.97. The average molecular weight is 229 g/mol. The number of ether oxygens (including phenoxy) is 1. The predicted molar refractivity (Wildman–Crippen MR) is 67.0 cm³/mol. The number of nitrogen functional groups attached to an aromatic ring is 1. The summed E-state index contributed by atoms with van der Waals surface area (Å²) in [7, 11) is 1.59. The van der Waals surface area contributed by atoms with Crippen LogP contribution in [0.4, 0.5) is 5.95 Å². The number of aromatic nitrogens is 2. The molecule has 1 aromatic carbocycles. The Morgan fingerprint density at radius 2 is 1.88 bits per heavy atom. The molecule has 2 N–H and O–H groups in total. The van der Waals surface area contributed by atoms with Crippen molar-refractivity contribution in [2.45, 2.75) is 13.3 Å². The minimum Gasteiger partial charge on any atom is -0.481 e. The van der Waals surface area contributed by atoms with Crippen molar-refractivity contribution in [3.63, 3.8) is 0 Å². The first-order chi connectivity index (χ1) is 8.20. The van der Waals surface area contributed by atoms with E-state index < -0.39 is 0 Å². The summed E-state index contributed by atoms with van der Waals surface area (Å²) in [5, 5.41) is 0. The zero-order valence-corrected chi connectivity index (χ0v) is 9.97. The third-order valence-corrected chi connectivity index (χ3v) is 2.61. The molecule has 0 saturated carbocycles. The normalized spacial score (nSPS) is 10.2. The van der Waals surface area contributed by atoms with E-state index >= 15 is 0 Å². The highest BCUT2D eigenvalue weighted by atomic mass is 16.5. The second-order valence-corrected chi connectivity index (χ2v) is 3.82. The van der Waals surface area contributed by atoms with Gasteiger partial charge in [-0.1, -0.05) is 30.3 Å². The van der Waals surface area contributed by atoms with Gasteiger partial charge >= 0.3 is 0 Å². The van der Waals surface area contributed by atoms with Crippen molar-refractivity contribution in [2.24, 2.45) is 0 Å². The molecule has 0 aliphatic heterocycles. The quantitative estimate of drug-likeness (QED) is 0.874. The van der Waals surface area contributed by atoms with Crippen molar-refractivity contribution in [1.82, 2.24) is 9.97 Å². The lowest BCUT2D eigenvalue weighted by atomic mass is 10.1. The molecule has 2 rings (SSSR count). The first kappa shape index (κ1) is 11.4.